The van der Waals surface area contributed by atoms with E-state index in [-0.39, 0.29) is 5.91 Å². The first-order chi connectivity index (χ1) is 13.5. The van der Waals surface area contributed by atoms with Crippen LogP contribution in [0.3, 0.4) is 0 Å². The molecule has 0 bridgehead atoms. The molecule has 1 amide bonds. The molecular weight excluding hydrogens is 376 g/mol. The molecule has 0 unspecified atom stereocenters. The fourth-order valence-corrected chi connectivity index (χ4v) is 3.59. The van der Waals surface area contributed by atoms with E-state index in [1.165, 1.54) is 5.56 Å². The zero-order chi connectivity index (χ0) is 20.1. The first-order valence-electron chi connectivity index (χ1n) is 9.62. The number of carbonyl (C=O) groups excluding carboxylic acids is 1. The summed E-state index contributed by atoms with van der Waals surface area (Å²) >= 11 is 6.16. The third-order valence-corrected chi connectivity index (χ3v) is 5.32. The van der Waals surface area contributed by atoms with Gasteiger partial charge in [-0.1, -0.05) is 24.6 Å². The molecule has 1 fully saturated rings. The van der Waals surface area contributed by atoms with Gasteiger partial charge in [0.1, 0.15) is 11.5 Å². The first-order valence-corrected chi connectivity index (χ1v) is 10.00. The van der Waals surface area contributed by atoms with Crippen molar-refractivity contribution < 1.29 is 14.3 Å². The van der Waals surface area contributed by atoms with Crippen LogP contribution >= 0.6 is 11.6 Å². The lowest BCUT2D eigenvalue weighted by atomic mass is 10.1. The van der Waals surface area contributed by atoms with Crippen LogP contribution in [0.2, 0.25) is 5.02 Å². The molecule has 0 spiro atoms. The third kappa shape index (κ3) is 4.71. The van der Waals surface area contributed by atoms with Gasteiger partial charge in [-0.15, -0.1) is 0 Å². The zero-order valence-electron chi connectivity index (χ0n) is 16.7. The molecular formula is C22H27ClN2O3. The van der Waals surface area contributed by atoms with Crippen molar-refractivity contribution in [3.05, 3.63) is 53.1 Å². The van der Waals surface area contributed by atoms with Gasteiger partial charge in [-0.25, -0.2) is 0 Å². The summed E-state index contributed by atoms with van der Waals surface area (Å²) in [4.78, 5) is 17.1. The van der Waals surface area contributed by atoms with Crippen LogP contribution in [-0.2, 0) is 4.79 Å². The summed E-state index contributed by atoms with van der Waals surface area (Å²) in [7, 11) is 1.62. The number of hydrogen-bond acceptors (Lipinski definition) is 4. The number of amides is 1. The fourth-order valence-electron chi connectivity index (χ4n) is 3.42. The van der Waals surface area contributed by atoms with Gasteiger partial charge in [-0.3, -0.25) is 4.79 Å². The highest BCUT2D eigenvalue weighted by molar-refractivity contribution is 6.30. The minimum absolute atomic E-state index is 0.0424. The first kappa shape index (κ1) is 20.3. The summed E-state index contributed by atoms with van der Waals surface area (Å²) in [5, 5.41) is 0.734. The predicted molar refractivity (Wildman–Crippen MR) is 113 cm³/mol. The van der Waals surface area contributed by atoms with Crippen molar-refractivity contribution in [2.75, 3.05) is 38.2 Å². The average molecular weight is 403 g/mol. The van der Waals surface area contributed by atoms with E-state index in [1.54, 1.807) is 7.11 Å². The molecule has 0 N–H and O–H groups in total. The number of benzene rings is 2. The van der Waals surface area contributed by atoms with Crippen LogP contribution in [0.5, 0.6) is 11.5 Å². The van der Waals surface area contributed by atoms with Gasteiger partial charge in [0, 0.05) is 36.9 Å². The summed E-state index contributed by atoms with van der Waals surface area (Å²) in [6, 6.07) is 13.3. The van der Waals surface area contributed by atoms with Crippen molar-refractivity contribution in [1.29, 1.82) is 0 Å². The molecule has 0 aromatic heterocycles. The van der Waals surface area contributed by atoms with E-state index in [2.05, 4.69) is 11.8 Å². The van der Waals surface area contributed by atoms with Crippen molar-refractivity contribution in [3.63, 3.8) is 0 Å². The Morgan fingerprint density at radius 3 is 2.32 bits per heavy atom. The molecule has 1 aliphatic heterocycles. The summed E-state index contributed by atoms with van der Waals surface area (Å²) < 4.78 is 11.1. The summed E-state index contributed by atoms with van der Waals surface area (Å²) in [5.74, 6) is 1.48. The number of anilines is 1. The highest BCUT2D eigenvalue weighted by atomic mass is 35.5. The highest BCUT2D eigenvalue weighted by Crippen LogP contribution is 2.26. The monoisotopic (exact) mass is 402 g/mol. The van der Waals surface area contributed by atoms with Crippen LogP contribution in [0, 0.1) is 6.92 Å². The van der Waals surface area contributed by atoms with E-state index in [1.807, 2.05) is 54.3 Å². The van der Waals surface area contributed by atoms with Crippen LogP contribution in [0.15, 0.2) is 42.5 Å². The van der Waals surface area contributed by atoms with Crippen LogP contribution in [0.25, 0.3) is 0 Å². The van der Waals surface area contributed by atoms with E-state index < -0.39 is 6.10 Å². The lowest BCUT2D eigenvalue weighted by Gasteiger charge is -2.38. The van der Waals surface area contributed by atoms with Crippen molar-refractivity contribution in [3.8, 4) is 11.5 Å². The van der Waals surface area contributed by atoms with Crippen molar-refractivity contribution in [1.82, 2.24) is 4.90 Å². The molecule has 1 saturated heterocycles. The zero-order valence-corrected chi connectivity index (χ0v) is 17.4. The number of ether oxygens (including phenoxy) is 2. The highest BCUT2D eigenvalue weighted by Gasteiger charge is 2.28. The number of carbonyl (C=O) groups is 1. The van der Waals surface area contributed by atoms with Crippen LogP contribution in [-0.4, -0.2) is 50.2 Å². The maximum atomic E-state index is 13.0. The lowest BCUT2D eigenvalue weighted by Crippen LogP contribution is -2.52. The van der Waals surface area contributed by atoms with Crippen LogP contribution in [0.1, 0.15) is 18.9 Å². The Hall–Kier alpha value is -2.40. The smallest absolute Gasteiger partial charge is 0.263 e. The third-order valence-electron chi connectivity index (χ3n) is 5.09. The van der Waals surface area contributed by atoms with E-state index in [4.69, 9.17) is 21.1 Å². The van der Waals surface area contributed by atoms with Crippen molar-refractivity contribution in [2.45, 2.75) is 26.4 Å². The Morgan fingerprint density at radius 1 is 1.07 bits per heavy atom. The SMILES string of the molecule is CC[C@H](Oc1ccc(OC)cc1)C(=O)N1CCN(c2cc(Cl)ccc2C)CC1. The number of rotatable bonds is 6. The van der Waals surface area contributed by atoms with Gasteiger partial charge in [-0.2, -0.15) is 0 Å². The van der Waals surface area contributed by atoms with Gasteiger partial charge in [-0.05, 0) is 55.3 Å². The second kappa shape index (κ2) is 9.20. The number of piperazine rings is 1. The number of aryl methyl sites for hydroxylation is 1. The Balaban J connectivity index is 1.60. The van der Waals surface area contributed by atoms with E-state index >= 15 is 0 Å². The Morgan fingerprint density at radius 2 is 1.71 bits per heavy atom. The normalized spacial score (nSPS) is 15.3. The van der Waals surface area contributed by atoms with Crippen LogP contribution < -0.4 is 14.4 Å². The number of halogens is 1. The lowest BCUT2D eigenvalue weighted by molar-refractivity contribution is -0.139. The fraction of sp³-hybridized carbons (Fsp3) is 0.409. The molecule has 1 heterocycles. The molecule has 2 aromatic carbocycles. The van der Waals surface area contributed by atoms with Crippen LogP contribution in [0.4, 0.5) is 5.69 Å². The standard InChI is InChI=1S/C22H27ClN2O3/c1-4-21(28-19-9-7-18(27-3)8-10-19)22(26)25-13-11-24(12-14-25)20-15-17(23)6-5-16(20)2/h5-10,15,21H,4,11-14H2,1-3H3/t21-/m0/s1. The largest absolute Gasteiger partial charge is 0.497 e. The Labute approximate surface area is 171 Å². The molecule has 150 valence electrons. The maximum absolute atomic E-state index is 13.0. The van der Waals surface area contributed by atoms with E-state index in [0.29, 0.717) is 25.3 Å². The molecule has 2 aromatic rings. The van der Waals surface area contributed by atoms with Gasteiger partial charge >= 0.3 is 0 Å². The quantitative estimate of drug-likeness (QED) is 0.727. The van der Waals surface area contributed by atoms with Crippen molar-refractivity contribution >= 4 is 23.2 Å². The molecule has 0 aliphatic carbocycles. The molecule has 6 heteroatoms. The molecule has 5 nitrogen and oxygen atoms in total. The molecule has 1 atom stereocenters. The van der Waals surface area contributed by atoms with Gasteiger partial charge in [0.05, 0.1) is 7.11 Å². The Bertz CT molecular complexity index is 802. The second-order valence-corrected chi connectivity index (χ2v) is 7.37. The van der Waals surface area contributed by atoms with Gasteiger partial charge in [0.25, 0.3) is 5.91 Å². The van der Waals surface area contributed by atoms with Gasteiger partial charge in [0.15, 0.2) is 6.10 Å². The molecule has 1 aliphatic rings. The topological polar surface area (TPSA) is 42.0 Å². The summed E-state index contributed by atoms with van der Waals surface area (Å²) in [6.07, 6.45) is 0.145. The molecule has 3 rings (SSSR count). The number of nitrogens with zero attached hydrogens (tertiary/aromatic N) is 2. The van der Waals surface area contributed by atoms with E-state index in [9.17, 15) is 4.79 Å². The molecule has 28 heavy (non-hydrogen) atoms. The average Bonchev–Trinajstić information content (AvgIpc) is 2.74. The van der Waals surface area contributed by atoms with E-state index in [0.717, 1.165) is 29.5 Å². The summed E-state index contributed by atoms with van der Waals surface area (Å²) in [6.45, 7) is 6.97. The van der Waals surface area contributed by atoms with Gasteiger partial charge in [0.2, 0.25) is 0 Å². The minimum atomic E-state index is -0.479. The number of hydrogen-bond donors (Lipinski definition) is 0. The Kier molecular flexibility index (Phi) is 6.68. The maximum Gasteiger partial charge on any atom is 0.263 e. The number of methoxy groups -OCH3 is 1. The molecule has 0 radical (unpaired) electrons. The predicted octanol–water partition coefficient (Wildman–Crippen LogP) is 4.16. The second-order valence-electron chi connectivity index (χ2n) is 6.93. The summed E-state index contributed by atoms with van der Waals surface area (Å²) in [5.41, 5.74) is 2.33. The van der Waals surface area contributed by atoms with Gasteiger partial charge < -0.3 is 19.3 Å². The minimum Gasteiger partial charge on any atom is -0.497 e. The van der Waals surface area contributed by atoms with Crippen molar-refractivity contribution in [2.24, 2.45) is 0 Å². The molecule has 0 saturated carbocycles.